The Kier molecular flexibility index (Phi) is 4.43. The predicted molar refractivity (Wildman–Crippen MR) is 114 cm³/mol. The van der Waals surface area contributed by atoms with Crippen molar-refractivity contribution in [3.8, 4) is 12.1 Å². The van der Waals surface area contributed by atoms with Crippen molar-refractivity contribution in [2.24, 2.45) is 14.1 Å². The molecule has 0 saturated heterocycles. The molecule has 4 aromatic heterocycles. The van der Waals surface area contributed by atoms with Crippen LogP contribution in [0.3, 0.4) is 0 Å². The highest BCUT2D eigenvalue weighted by molar-refractivity contribution is 6.14. The summed E-state index contributed by atoms with van der Waals surface area (Å²) in [6, 6.07) is 4.48. The Morgan fingerprint density at radius 3 is 1.43 bits per heavy atom. The van der Waals surface area contributed by atoms with Gasteiger partial charge in [0.1, 0.15) is 23.3 Å². The van der Waals surface area contributed by atoms with Gasteiger partial charge < -0.3 is 18.1 Å². The summed E-state index contributed by atoms with van der Waals surface area (Å²) in [4.78, 5) is 8.62. The van der Waals surface area contributed by atoms with Crippen molar-refractivity contribution in [3.63, 3.8) is 0 Å². The lowest BCUT2D eigenvalue weighted by Gasteiger charge is -2.06. The van der Waals surface area contributed by atoms with Gasteiger partial charge in [0.15, 0.2) is 11.6 Å². The Labute approximate surface area is 175 Å². The minimum absolute atomic E-state index is 0.318. The number of imidazole rings is 2. The van der Waals surface area contributed by atoms with Gasteiger partial charge >= 0.3 is 0 Å². The largest absolute Gasteiger partial charge is 0.399 e. The summed E-state index contributed by atoms with van der Waals surface area (Å²) >= 11 is 0. The predicted octanol–water partition coefficient (Wildman–Crippen LogP) is -0.165. The summed E-state index contributed by atoms with van der Waals surface area (Å²) in [5, 5.41) is 22.3. The van der Waals surface area contributed by atoms with Crippen LogP contribution >= 0.6 is 0 Å². The van der Waals surface area contributed by atoms with E-state index in [4.69, 9.17) is 16.0 Å². The fraction of sp³-hybridized carbons (Fsp3) is 0.200. The van der Waals surface area contributed by atoms with E-state index in [0.717, 1.165) is 0 Å². The Hall–Kier alpha value is -3.91. The number of aromatic nitrogens is 6. The van der Waals surface area contributed by atoms with Crippen LogP contribution < -0.4 is 10.7 Å². The topological polar surface area (TPSA) is 93.1 Å². The molecule has 4 rings (SSSR count). The van der Waals surface area contributed by atoms with E-state index in [1.54, 1.807) is 33.9 Å². The van der Waals surface area contributed by atoms with Crippen LogP contribution in [-0.4, -0.2) is 44.0 Å². The molecule has 0 N–H and O–H groups in total. The van der Waals surface area contributed by atoms with Crippen LogP contribution in [0.25, 0.3) is 21.9 Å². The number of fused-ring (bicyclic) bond motifs is 1. The molecule has 0 atom stereocenters. The summed E-state index contributed by atoms with van der Waals surface area (Å²) in [6.07, 6.45) is 6.76. The van der Waals surface area contributed by atoms with Crippen LogP contribution in [0.15, 0.2) is 24.8 Å². The standard InChI is InChI=1S/C20H16B2N8/c1-11-15-16(18(29(11)21)14(10-24)20-26-6-8-28(20)4)12(2)30(22)17(15)13(9-23)19-25-5-7-27(19)3/h5-8H,1-4H3/b17-13-,18-14-. The molecule has 4 heterocycles. The summed E-state index contributed by atoms with van der Waals surface area (Å²) in [5.41, 5.74) is 1.98. The third-order valence-electron chi connectivity index (χ3n) is 5.44. The van der Waals surface area contributed by atoms with Crippen LogP contribution in [0.2, 0.25) is 0 Å². The van der Waals surface area contributed by atoms with Crippen LogP contribution in [0, 0.1) is 36.5 Å². The first-order chi connectivity index (χ1) is 14.3. The van der Waals surface area contributed by atoms with E-state index in [-0.39, 0.29) is 0 Å². The molecule has 0 aromatic carbocycles. The maximum atomic E-state index is 9.96. The fourth-order valence-corrected chi connectivity index (χ4v) is 3.88. The molecule has 0 unspecified atom stereocenters. The van der Waals surface area contributed by atoms with E-state index < -0.39 is 0 Å². The van der Waals surface area contributed by atoms with E-state index >= 15 is 0 Å². The lowest BCUT2D eigenvalue weighted by atomic mass is 10.1. The lowest BCUT2D eigenvalue weighted by Crippen LogP contribution is -2.24. The Bertz CT molecular complexity index is 1410. The first-order valence-corrected chi connectivity index (χ1v) is 9.10. The highest BCUT2D eigenvalue weighted by atomic mass is 15.0. The molecule has 0 amide bonds. The molecule has 8 nitrogen and oxygen atoms in total. The first-order valence-electron chi connectivity index (χ1n) is 9.10. The van der Waals surface area contributed by atoms with Crippen molar-refractivity contribution in [2.45, 2.75) is 13.8 Å². The third-order valence-corrected chi connectivity index (χ3v) is 5.44. The first kappa shape index (κ1) is 19.4. The van der Waals surface area contributed by atoms with E-state index in [9.17, 15) is 10.5 Å². The Morgan fingerprint density at radius 2 is 1.17 bits per heavy atom. The lowest BCUT2D eigenvalue weighted by molar-refractivity contribution is 0.888. The highest BCUT2D eigenvalue weighted by Gasteiger charge is 2.22. The second-order valence-electron chi connectivity index (χ2n) is 7.06. The molecule has 0 spiro atoms. The van der Waals surface area contributed by atoms with Gasteiger partial charge in [-0.05, 0) is 13.8 Å². The minimum atomic E-state index is 0.318. The van der Waals surface area contributed by atoms with E-state index in [1.807, 2.05) is 27.9 Å². The zero-order valence-electron chi connectivity index (χ0n) is 17.0. The van der Waals surface area contributed by atoms with Gasteiger partial charge in [-0.3, -0.25) is 0 Å². The summed E-state index contributed by atoms with van der Waals surface area (Å²) in [7, 11) is 16.4. The van der Waals surface area contributed by atoms with Crippen LogP contribution in [0.1, 0.15) is 23.0 Å². The maximum Gasteiger partial charge on any atom is 0.234 e. The van der Waals surface area contributed by atoms with Crippen LogP contribution in [0.4, 0.5) is 0 Å². The number of aryl methyl sites for hydroxylation is 4. The number of nitrogens with zero attached hydrogens (tertiary/aromatic N) is 8. The second kappa shape index (κ2) is 6.85. The average Bonchev–Trinajstić information content (AvgIpc) is 3.45. The van der Waals surface area contributed by atoms with Crippen molar-refractivity contribution in [3.05, 3.63) is 58.5 Å². The van der Waals surface area contributed by atoms with Crippen LogP contribution in [0.5, 0.6) is 0 Å². The molecule has 30 heavy (non-hydrogen) atoms. The SMILES string of the molecule is [B]n1c(C)c2/c(=C(\C#N)c3nccn3C)n([B])c(C)c2/c1=C(\C#N)c1nccn1C. The van der Waals surface area contributed by atoms with Gasteiger partial charge in [-0.15, -0.1) is 0 Å². The normalized spacial score (nSPS) is 13.3. The molecule has 0 fully saturated rings. The zero-order valence-corrected chi connectivity index (χ0v) is 17.0. The summed E-state index contributed by atoms with van der Waals surface area (Å²) in [5.74, 6) is 0.978. The van der Waals surface area contributed by atoms with E-state index in [2.05, 4.69) is 22.1 Å². The molecule has 0 saturated carbocycles. The van der Waals surface area contributed by atoms with Crippen LogP contribution in [-0.2, 0) is 14.1 Å². The van der Waals surface area contributed by atoms with Gasteiger partial charge in [-0.25, -0.2) is 9.97 Å². The number of hydrogen-bond donors (Lipinski definition) is 0. The van der Waals surface area contributed by atoms with E-state index in [0.29, 0.717) is 55.7 Å². The summed E-state index contributed by atoms with van der Waals surface area (Å²) in [6.45, 7) is 3.66. The van der Waals surface area contributed by atoms with Crippen molar-refractivity contribution in [2.75, 3.05) is 0 Å². The molecule has 10 heteroatoms. The molecule has 4 radical (unpaired) electrons. The van der Waals surface area contributed by atoms with Crippen molar-refractivity contribution >= 4 is 37.9 Å². The molecule has 0 aliphatic carbocycles. The van der Waals surface area contributed by atoms with E-state index in [1.165, 1.54) is 8.96 Å². The molecule has 4 aromatic rings. The fourth-order valence-electron chi connectivity index (χ4n) is 3.88. The summed E-state index contributed by atoms with van der Waals surface area (Å²) < 4.78 is 6.43. The Morgan fingerprint density at radius 1 is 0.800 bits per heavy atom. The van der Waals surface area contributed by atoms with Gasteiger partial charge in [-0.2, -0.15) is 10.5 Å². The van der Waals surface area contributed by atoms with Gasteiger partial charge in [0.05, 0.1) is 10.7 Å². The molecule has 0 aliphatic rings. The van der Waals surface area contributed by atoms with Crippen molar-refractivity contribution in [1.82, 2.24) is 28.1 Å². The van der Waals surface area contributed by atoms with Gasteiger partial charge in [0.25, 0.3) is 0 Å². The molecule has 142 valence electrons. The highest BCUT2D eigenvalue weighted by Crippen LogP contribution is 2.21. The third kappa shape index (κ3) is 2.47. The number of rotatable bonds is 2. The Balaban J connectivity index is 2.33. The van der Waals surface area contributed by atoms with Gasteiger partial charge in [-0.1, -0.05) is 0 Å². The molecular formula is C20H16B2N8. The smallest absolute Gasteiger partial charge is 0.234 e. The molecule has 0 aliphatic heterocycles. The maximum absolute atomic E-state index is 9.96. The number of nitriles is 2. The second-order valence-corrected chi connectivity index (χ2v) is 7.06. The van der Waals surface area contributed by atoms with Crippen molar-refractivity contribution in [1.29, 1.82) is 10.5 Å². The molecular weight excluding hydrogens is 374 g/mol. The monoisotopic (exact) mass is 390 g/mol. The average molecular weight is 390 g/mol. The minimum Gasteiger partial charge on any atom is -0.399 e. The van der Waals surface area contributed by atoms with Gasteiger partial charge in [0.2, 0.25) is 16.0 Å². The zero-order chi connectivity index (χ0) is 21.7. The number of hydrogen-bond acceptors (Lipinski definition) is 4. The quantitative estimate of drug-likeness (QED) is 0.445. The van der Waals surface area contributed by atoms with Crippen molar-refractivity contribution < 1.29 is 0 Å². The molecule has 0 bridgehead atoms. The van der Waals surface area contributed by atoms with Gasteiger partial charge in [0, 0.05) is 61.0 Å².